The average Bonchev–Trinajstić information content (AvgIpc) is 3.09. The van der Waals surface area contributed by atoms with Gasteiger partial charge < -0.3 is 10.2 Å². The second kappa shape index (κ2) is 22.6. The van der Waals surface area contributed by atoms with Gasteiger partial charge in [-0.1, -0.05) is 87.0 Å². The van der Waals surface area contributed by atoms with Gasteiger partial charge in [0.2, 0.25) is 0 Å². The van der Waals surface area contributed by atoms with Crippen LogP contribution in [0.1, 0.15) is 121 Å². The molecule has 1 aliphatic carbocycles. The summed E-state index contributed by atoms with van der Waals surface area (Å²) < 4.78 is 0. The van der Waals surface area contributed by atoms with Gasteiger partial charge in [-0.05, 0) is 105 Å². The highest BCUT2D eigenvalue weighted by atomic mass is 15.3. The van der Waals surface area contributed by atoms with Crippen molar-refractivity contribution in [3.05, 3.63) is 82.5 Å². The van der Waals surface area contributed by atoms with Gasteiger partial charge in [0, 0.05) is 45.1 Å². The van der Waals surface area contributed by atoms with Crippen LogP contribution in [0, 0.1) is 11.8 Å². The molecule has 258 valence electrons. The SMILES string of the molecule is C=C(/C(C)=C/C(=NC)C1=CC(=C2CCC2)N2C=C(N3CCNCC3)C=CC2=N1)C(C)CC.CC.CC.CCC/C=C(/C)C(C)CC. The fourth-order valence-electron chi connectivity index (χ4n) is 5.32. The summed E-state index contributed by atoms with van der Waals surface area (Å²) in [5, 5.41) is 3.44. The van der Waals surface area contributed by atoms with Gasteiger partial charge in [0.1, 0.15) is 5.84 Å². The van der Waals surface area contributed by atoms with Crippen LogP contribution in [0.2, 0.25) is 0 Å². The molecule has 0 radical (unpaired) electrons. The number of nitrogens with one attached hydrogen (secondary N) is 1. The molecular formula is C41H69N5. The summed E-state index contributed by atoms with van der Waals surface area (Å²) in [5.74, 6) is 2.23. The molecule has 0 amide bonds. The molecule has 1 saturated heterocycles. The van der Waals surface area contributed by atoms with E-state index in [4.69, 9.17) is 4.99 Å². The predicted octanol–water partition coefficient (Wildman–Crippen LogP) is 10.8. The topological polar surface area (TPSA) is 43.2 Å². The van der Waals surface area contributed by atoms with Crippen LogP contribution in [0.4, 0.5) is 0 Å². The van der Waals surface area contributed by atoms with Crippen molar-refractivity contribution in [1.29, 1.82) is 0 Å². The van der Waals surface area contributed by atoms with Gasteiger partial charge in [0.25, 0.3) is 0 Å². The Kier molecular flexibility index (Phi) is 20.2. The van der Waals surface area contributed by atoms with Crippen LogP contribution in [0.3, 0.4) is 0 Å². The summed E-state index contributed by atoms with van der Waals surface area (Å²) in [7, 11) is 1.85. The van der Waals surface area contributed by atoms with E-state index in [9.17, 15) is 0 Å². The summed E-state index contributed by atoms with van der Waals surface area (Å²) in [4.78, 5) is 14.4. The maximum absolute atomic E-state index is 5.03. The number of fused-ring (bicyclic) bond motifs is 1. The van der Waals surface area contributed by atoms with Gasteiger partial charge in [-0.25, -0.2) is 4.99 Å². The molecule has 46 heavy (non-hydrogen) atoms. The third kappa shape index (κ3) is 12.0. The Morgan fingerprint density at radius 3 is 2.15 bits per heavy atom. The highest BCUT2D eigenvalue weighted by Gasteiger charge is 2.28. The van der Waals surface area contributed by atoms with Crippen LogP contribution in [0.15, 0.2) is 92.5 Å². The molecule has 2 fully saturated rings. The minimum Gasteiger partial charge on any atom is -0.368 e. The van der Waals surface area contributed by atoms with Gasteiger partial charge in [0.05, 0.1) is 17.1 Å². The number of hydrogen-bond donors (Lipinski definition) is 1. The number of nitrogens with zero attached hydrogens (tertiary/aromatic N) is 4. The maximum Gasteiger partial charge on any atom is 0.137 e. The molecule has 0 bridgehead atoms. The quantitative estimate of drug-likeness (QED) is 0.148. The Morgan fingerprint density at radius 1 is 1.00 bits per heavy atom. The third-order valence-electron chi connectivity index (χ3n) is 9.20. The molecular weight excluding hydrogens is 562 g/mol. The molecule has 0 aromatic heterocycles. The number of piperazine rings is 1. The lowest BCUT2D eigenvalue weighted by Crippen LogP contribution is -2.44. The van der Waals surface area contributed by atoms with Crippen molar-refractivity contribution in [2.45, 2.75) is 121 Å². The number of unbranched alkanes of at least 4 members (excludes halogenated alkanes) is 1. The van der Waals surface area contributed by atoms with Gasteiger partial charge in [-0.15, -0.1) is 0 Å². The number of allylic oxidation sites excluding steroid dienone is 8. The number of aliphatic imine (C=N–C) groups is 2. The van der Waals surface area contributed by atoms with Crippen LogP contribution in [0.5, 0.6) is 0 Å². The first-order valence-corrected chi connectivity index (χ1v) is 18.4. The lowest BCUT2D eigenvalue weighted by Gasteiger charge is -2.37. The zero-order valence-corrected chi connectivity index (χ0v) is 31.9. The van der Waals surface area contributed by atoms with Gasteiger partial charge in [0.15, 0.2) is 0 Å². The molecule has 0 aromatic carbocycles. The highest BCUT2D eigenvalue weighted by molar-refractivity contribution is 6.12. The summed E-state index contributed by atoms with van der Waals surface area (Å²) in [6.07, 6.45) is 21.9. The first-order valence-electron chi connectivity index (χ1n) is 18.4. The molecule has 0 spiro atoms. The fraction of sp³-hybridized carbons (Fsp3) is 0.610. The molecule has 3 aliphatic heterocycles. The van der Waals surface area contributed by atoms with Gasteiger partial charge in [-0.3, -0.25) is 9.89 Å². The molecule has 5 heteroatoms. The van der Waals surface area contributed by atoms with E-state index in [1.165, 1.54) is 66.6 Å². The van der Waals surface area contributed by atoms with Crippen LogP contribution in [-0.4, -0.2) is 54.6 Å². The van der Waals surface area contributed by atoms with Crippen molar-refractivity contribution >= 4 is 11.5 Å². The van der Waals surface area contributed by atoms with E-state index in [0.717, 1.165) is 55.8 Å². The summed E-state index contributed by atoms with van der Waals surface area (Å²) in [6, 6.07) is 0. The Labute approximate surface area is 284 Å². The van der Waals surface area contributed by atoms with Crippen molar-refractivity contribution in [2.24, 2.45) is 21.8 Å². The average molecular weight is 632 g/mol. The molecule has 4 rings (SSSR count). The van der Waals surface area contributed by atoms with Crippen molar-refractivity contribution < 1.29 is 0 Å². The van der Waals surface area contributed by atoms with E-state index in [1.54, 1.807) is 5.57 Å². The molecule has 5 nitrogen and oxygen atoms in total. The van der Waals surface area contributed by atoms with Crippen molar-refractivity contribution in [1.82, 2.24) is 15.1 Å². The summed E-state index contributed by atoms with van der Waals surface area (Å²) in [5.41, 5.74) is 9.84. The minimum atomic E-state index is 0.467. The van der Waals surface area contributed by atoms with Crippen LogP contribution < -0.4 is 5.32 Å². The third-order valence-corrected chi connectivity index (χ3v) is 9.20. The van der Waals surface area contributed by atoms with E-state index >= 15 is 0 Å². The molecule has 4 aliphatic rings. The Balaban J connectivity index is 0.000000643. The number of hydrogen-bond acceptors (Lipinski definition) is 5. The van der Waals surface area contributed by atoms with Crippen LogP contribution in [0.25, 0.3) is 0 Å². The standard InChI is InChI=1S/C27H37N5.C10H20.2C2H6/c1-6-19(2)21(4)20(3)16-24(28-5)25-17-26(22-8-7-9-22)32-18-23(10-11-27(32)30-25)31-14-12-29-13-15-31;1-5-7-8-10(4)9(3)6-2;2*1-2/h10-11,16-19,29H,4,6-9,12-15H2,1-3,5H3;8-9H,5-7H2,1-4H3;2*1-2H3/b20-16+,28-24?;10-8-;;. The summed E-state index contributed by atoms with van der Waals surface area (Å²) >= 11 is 0. The first-order chi connectivity index (χ1) is 22.2. The second-order valence-electron chi connectivity index (χ2n) is 12.2. The number of rotatable bonds is 10. The van der Waals surface area contributed by atoms with Gasteiger partial charge in [-0.2, -0.15) is 0 Å². The molecule has 0 aromatic rings. The van der Waals surface area contributed by atoms with Crippen molar-refractivity contribution in [3.63, 3.8) is 0 Å². The van der Waals surface area contributed by atoms with Crippen LogP contribution in [-0.2, 0) is 0 Å². The van der Waals surface area contributed by atoms with E-state index in [1.807, 2.05) is 34.7 Å². The zero-order valence-electron chi connectivity index (χ0n) is 31.9. The lowest BCUT2D eigenvalue weighted by molar-refractivity contribution is 0.303. The Bertz CT molecular complexity index is 1190. The largest absolute Gasteiger partial charge is 0.368 e. The molecule has 1 N–H and O–H groups in total. The molecule has 3 heterocycles. The lowest BCUT2D eigenvalue weighted by atomic mass is 9.88. The normalized spacial score (nSPS) is 19.4. The first kappa shape index (κ1) is 41.1. The second-order valence-corrected chi connectivity index (χ2v) is 12.2. The summed E-state index contributed by atoms with van der Waals surface area (Å²) in [6.45, 7) is 32.0. The van der Waals surface area contributed by atoms with E-state index in [0.29, 0.717) is 5.92 Å². The Morgan fingerprint density at radius 2 is 1.63 bits per heavy atom. The van der Waals surface area contributed by atoms with Crippen molar-refractivity contribution in [2.75, 3.05) is 33.2 Å². The van der Waals surface area contributed by atoms with E-state index in [2.05, 4.69) is 112 Å². The fourth-order valence-corrected chi connectivity index (χ4v) is 5.32. The highest BCUT2D eigenvalue weighted by Crippen LogP contribution is 2.36. The maximum atomic E-state index is 5.03. The van der Waals surface area contributed by atoms with Crippen LogP contribution >= 0.6 is 0 Å². The molecule has 1 saturated carbocycles. The molecule has 2 atom stereocenters. The minimum absolute atomic E-state index is 0.467. The predicted molar refractivity (Wildman–Crippen MR) is 206 cm³/mol. The van der Waals surface area contributed by atoms with Crippen molar-refractivity contribution in [3.8, 4) is 0 Å². The number of amidine groups is 1. The van der Waals surface area contributed by atoms with E-state index < -0.39 is 0 Å². The smallest absolute Gasteiger partial charge is 0.137 e. The Hall–Kier alpha value is -2.92. The van der Waals surface area contributed by atoms with E-state index in [-0.39, 0.29) is 0 Å². The monoisotopic (exact) mass is 632 g/mol. The van der Waals surface area contributed by atoms with Gasteiger partial charge >= 0.3 is 0 Å². The zero-order chi connectivity index (χ0) is 34.6. The molecule has 2 unspecified atom stereocenters.